The number of nitrogens with one attached hydrogen (secondary N) is 2. The lowest BCUT2D eigenvalue weighted by Crippen LogP contribution is -2.53. The molecular formula is C27H34BF2N5O5. The Balaban J connectivity index is 1.35. The fraction of sp³-hybridized carbons (Fsp3) is 0.519. The first-order valence-corrected chi connectivity index (χ1v) is 13.3. The normalized spacial score (nSPS) is 20.4. The second-order valence-electron chi connectivity index (χ2n) is 11.0. The highest BCUT2D eigenvalue weighted by Crippen LogP contribution is 2.33. The van der Waals surface area contributed by atoms with Gasteiger partial charge in [-0.25, -0.2) is 13.6 Å². The number of benzene rings is 1. The summed E-state index contributed by atoms with van der Waals surface area (Å²) >= 11 is 0. The first-order valence-electron chi connectivity index (χ1n) is 13.3. The van der Waals surface area contributed by atoms with Gasteiger partial charge in [0.15, 0.2) is 0 Å². The Kier molecular flexibility index (Phi) is 8.82. The van der Waals surface area contributed by atoms with E-state index in [-0.39, 0.29) is 37.5 Å². The van der Waals surface area contributed by atoms with Gasteiger partial charge in [-0.3, -0.25) is 9.69 Å². The van der Waals surface area contributed by atoms with Gasteiger partial charge in [-0.2, -0.15) is 5.26 Å². The quantitative estimate of drug-likeness (QED) is 0.211. The number of urea groups is 1. The maximum absolute atomic E-state index is 13.8. The molecule has 2 atom stereocenters. The monoisotopic (exact) mass is 557 g/mol. The van der Waals surface area contributed by atoms with Crippen LogP contribution in [0, 0.1) is 11.3 Å². The van der Waals surface area contributed by atoms with Gasteiger partial charge in [-0.1, -0.05) is 18.2 Å². The van der Waals surface area contributed by atoms with Crippen molar-refractivity contribution in [1.29, 1.82) is 5.26 Å². The van der Waals surface area contributed by atoms with Crippen LogP contribution in [0.1, 0.15) is 38.7 Å². The number of carbonyl (C=O) groups is 2. The fourth-order valence-electron chi connectivity index (χ4n) is 5.37. The van der Waals surface area contributed by atoms with Gasteiger partial charge in [-0.05, 0) is 50.8 Å². The van der Waals surface area contributed by atoms with Crippen molar-refractivity contribution in [2.24, 2.45) is 0 Å². The molecule has 0 saturated carbocycles. The molecule has 13 heteroatoms. The third-order valence-corrected chi connectivity index (χ3v) is 7.65. The Morgan fingerprint density at radius 1 is 1.32 bits per heavy atom. The average molecular weight is 557 g/mol. The van der Waals surface area contributed by atoms with E-state index in [2.05, 4.69) is 10.6 Å². The molecule has 0 aliphatic carbocycles. The van der Waals surface area contributed by atoms with E-state index in [4.69, 9.17) is 4.42 Å². The Hall–Kier alpha value is -3.47. The zero-order valence-corrected chi connectivity index (χ0v) is 22.6. The van der Waals surface area contributed by atoms with Crippen molar-refractivity contribution in [3.63, 3.8) is 0 Å². The average Bonchev–Trinajstić information content (AvgIpc) is 3.64. The molecule has 1 aromatic carbocycles. The van der Waals surface area contributed by atoms with E-state index < -0.39 is 43.0 Å². The third kappa shape index (κ3) is 6.81. The van der Waals surface area contributed by atoms with Crippen LogP contribution < -0.4 is 10.6 Å². The Bertz CT molecular complexity index is 1310. The number of alkyl halides is 2. The highest BCUT2D eigenvalue weighted by Gasteiger charge is 2.43. The first-order chi connectivity index (χ1) is 18.9. The minimum atomic E-state index is -2.80. The van der Waals surface area contributed by atoms with E-state index in [1.807, 2.05) is 24.3 Å². The van der Waals surface area contributed by atoms with Crippen molar-refractivity contribution in [2.75, 3.05) is 26.2 Å². The van der Waals surface area contributed by atoms with E-state index in [1.165, 1.54) is 17.2 Å². The number of hydrogen-bond donors (Lipinski definition) is 4. The molecule has 2 fully saturated rings. The minimum absolute atomic E-state index is 0.0842. The Labute approximate surface area is 231 Å². The summed E-state index contributed by atoms with van der Waals surface area (Å²) in [4.78, 5) is 29.0. The predicted molar refractivity (Wildman–Crippen MR) is 144 cm³/mol. The van der Waals surface area contributed by atoms with Crippen LogP contribution >= 0.6 is 0 Å². The molecule has 40 heavy (non-hydrogen) atoms. The molecule has 1 aromatic heterocycles. The lowest BCUT2D eigenvalue weighted by molar-refractivity contribution is -0.127. The van der Waals surface area contributed by atoms with Crippen LogP contribution in [-0.4, -0.2) is 88.5 Å². The zero-order chi connectivity index (χ0) is 29.1. The Morgan fingerprint density at radius 3 is 2.75 bits per heavy atom. The van der Waals surface area contributed by atoms with Crippen molar-refractivity contribution < 1.29 is 32.8 Å². The molecule has 0 radical (unpaired) electrons. The molecule has 1 unspecified atom stereocenters. The minimum Gasteiger partial charge on any atom is -0.464 e. The number of amides is 3. The number of para-hydroxylation sites is 1. The van der Waals surface area contributed by atoms with Gasteiger partial charge in [0.25, 0.3) is 11.8 Å². The van der Waals surface area contributed by atoms with Crippen LogP contribution in [0.3, 0.4) is 0 Å². The van der Waals surface area contributed by atoms with Crippen LogP contribution in [0.4, 0.5) is 13.6 Å². The van der Waals surface area contributed by atoms with E-state index >= 15 is 0 Å². The highest BCUT2D eigenvalue weighted by molar-refractivity contribution is 6.43. The summed E-state index contributed by atoms with van der Waals surface area (Å²) in [5, 5.41) is 35.5. The number of nitrogens with zero attached hydrogens (tertiary/aromatic N) is 3. The summed E-state index contributed by atoms with van der Waals surface area (Å²) in [6.07, 6.45) is 4.07. The number of halogens is 2. The van der Waals surface area contributed by atoms with Gasteiger partial charge in [0.1, 0.15) is 17.2 Å². The molecule has 2 saturated heterocycles. The highest BCUT2D eigenvalue weighted by atomic mass is 19.3. The molecule has 4 N–H and O–H groups in total. The van der Waals surface area contributed by atoms with Crippen molar-refractivity contribution >= 4 is 30.0 Å². The third-order valence-electron chi connectivity index (χ3n) is 7.65. The van der Waals surface area contributed by atoms with Crippen molar-refractivity contribution in [3.05, 3.63) is 47.7 Å². The number of furan rings is 1. The predicted octanol–water partition coefficient (Wildman–Crippen LogP) is 2.22. The van der Waals surface area contributed by atoms with Crippen LogP contribution in [0.5, 0.6) is 0 Å². The molecule has 2 aliphatic rings. The number of fused-ring (bicyclic) bond motifs is 1. The van der Waals surface area contributed by atoms with Crippen LogP contribution in [0.25, 0.3) is 11.0 Å². The van der Waals surface area contributed by atoms with E-state index in [9.17, 15) is 33.7 Å². The topological polar surface area (TPSA) is 142 Å². The Morgan fingerprint density at radius 2 is 2.08 bits per heavy atom. The maximum Gasteiger partial charge on any atom is 0.475 e. The second-order valence-corrected chi connectivity index (χ2v) is 11.0. The lowest BCUT2D eigenvalue weighted by atomic mass is 9.76. The standard InChI is InChI=1S/C27H34BF2N5O5/c1-26(2,34-11-9-27(29,30)17-34)13-19(14-31)24(36)35-10-5-6-20(35)15-32-25(37)33-23(28(38)39)12-18-16-40-22-8-4-3-7-21(18)22/h3-4,7-8,13,16,20,23,38-39H,5-6,9-12,15,17H2,1-2H3,(H2,32,33,37)/t20?,23-/m0/s1. The largest absolute Gasteiger partial charge is 0.475 e. The fourth-order valence-corrected chi connectivity index (χ4v) is 5.37. The van der Waals surface area contributed by atoms with Gasteiger partial charge < -0.3 is 30.0 Å². The first kappa shape index (κ1) is 29.5. The SMILES string of the molecule is CC(C)(C=C(C#N)C(=O)N1CCCC1CNC(=O)N[C@@H](Cc1coc2ccccc12)B(O)O)N1CCC(F)(F)C1. The zero-order valence-electron chi connectivity index (χ0n) is 22.6. The van der Waals surface area contributed by atoms with Crippen LogP contribution in [0.15, 0.2) is 46.6 Å². The molecule has 4 rings (SSSR count). The summed E-state index contributed by atoms with van der Waals surface area (Å²) < 4.78 is 33.0. The van der Waals surface area contributed by atoms with Crippen molar-refractivity contribution in [1.82, 2.24) is 20.4 Å². The molecule has 0 spiro atoms. The number of likely N-dealkylation sites (tertiary alicyclic amines) is 2. The molecular weight excluding hydrogens is 523 g/mol. The van der Waals surface area contributed by atoms with Gasteiger partial charge in [0.05, 0.1) is 18.7 Å². The van der Waals surface area contributed by atoms with Gasteiger partial charge >= 0.3 is 13.1 Å². The molecule has 214 valence electrons. The molecule has 2 aromatic rings. The summed E-state index contributed by atoms with van der Waals surface area (Å²) in [7, 11) is -1.83. The summed E-state index contributed by atoms with van der Waals surface area (Å²) in [6.45, 7) is 3.60. The van der Waals surface area contributed by atoms with Crippen LogP contribution in [-0.2, 0) is 11.2 Å². The van der Waals surface area contributed by atoms with Crippen molar-refractivity contribution in [2.45, 2.75) is 63.0 Å². The molecule has 2 aliphatic heterocycles. The van der Waals surface area contributed by atoms with Gasteiger partial charge in [0, 0.05) is 43.0 Å². The summed E-state index contributed by atoms with van der Waals surface area (Å²) in [5.74, 6) is -4.33. The lowest BCUT2D eigenvalue weighted by Gasteiger charge is -2.33. The number of rotatable bonds is 9. The smallest absolute Gasteiger partial charge is 0.464 e. The summed E-state index contributed by atoms with van der Waals surface area (Å²) in [5.41, 5.74) is 0.297. The molecule has 0 bridgehead atoms. The number of hydrogen-bond acceptors (Lipinski definition) is 7. The number of nitriles is 1. The van der Waals surface area contributed by atoms with Gasteiger partial charge in [0.2, 0.25) is 0 Å². The second kappa shape index (κ2) is 12.0. The van der Waals surface area contributed by atoms with Crippen molar-refractivity contribution in [3.8, 4) is 6.07 Å². The maximum atomic E-state index is 13.8. The van der Waals surface area contributed by atoms with E-state index in [0.717, 1.165) is 5.39 Å². The molecule has 10 nitrogen and oxygen atoms in total. The summed E-state index contributed by atoms with van der Waals surface area (Å²) in [6, 6.07) is 8.19. The van der Waals surface area contributed by atoms with Crippen LogP contribution in [0.2, 0.25) is 0 Å². The number of carbonyl (C=O) groups excluding carboxylic acids is 2. The van der Waals surface area contributed by atoms with Gasteiger partial charge in [-0.15, -0.1) is 0 Å². The molecule has 3 heterocycles. The van der Waals surface area contributed by atoms with E-state index in [1.54, 1.807) is 24.8 Å². The molecule has 3 amide bonds. The van der Waals surface area contributed by atoms with E-state index in [0.29, 0.717) is 30.5 Å².